The van der Waals surface area contributed by atoms with Gasteiger partial charge in [-0.05, 0) is 61.3 Å². The molecule has 0 aromatic rings. The SMILES string of the molecule is C=C[C@@H]1CCCC(C2CCCC(C/C=C3\C=CC3)C2)C1. The standard InChI is InChI=1S/C20H30/c1-2-16-6-4-10-19(14-16)20-11-5-9-18(15-20)13-12-17-7-3-8-17/h2-3,7,12,16,18-20H,1,4-6,8-11,13-15H2/b17-12+/t16-,18?,19?,20?/m1/s1. The maximum atomic E-state index is 4.03. The van der Waals surface area contributed by atoms with Gasteiger partial charge in [-0.3, -0.25) is 0 Å². The van der Waals surface area contributed by atoms with E-state index in [4.69, 9.17) is 0 Å². The Bertz CT molecular complexity index is 387. The van der Waals surface area contributed by atoms with E-state index in [9.17, 15) is 0 Å². The van der Waals surface area contributed by atoms with Crippen molar-refractivity contribution >= 4 is 0 Å². The van der Waals surface area contributed by atoms with Crippen molar-refractivity contribution in [3.05, 3.63) is 36.5 Å². The summed E-state index contributed by atoms with van der Waals surface area (Å²) in [4.78, 5) is 0. The van der Waals surface area contributed by atoms with Gasteiger partial charge in [0.15, 0.2) is 0 Å². The summed E-state index contributed by atoms with van der Waals surface area (Å²) in [6, 6.07) is 0. The fourth-order valence-electron chi connectivity index (χ4n) is 4.61. The van der Waals surface area contributed by atoms with E-state index in [0.29, 0.717) is 0 Å². The van der Waals surface area contributed by atoms with Gasteiger partial charge in [0, 0.05) is 0 Å². The molecule has 20 heavy (non-hydrogen) atoms. The first-order valence-electron chi connectivity index (χ1n) is 8.83. The molecule has 0 bridgehead atoms. The fraction of sp³-hybridized carbons (Fsp3) is 0.700. The lowest BCUT2D eigenvalue weighted by molar-refractivity contribution is 0.145. The lowest BCUT2D eigenvalue weighted by Crippen LogP contribution is -2.26. The summed E-state index contributed by atoms with van der Waals surface area (Å²) in [6.07, 6.45) is 23.6. The second kappa shape index (κ2) is 6.78. The number of allylic oxidation sites excluding steroid dienone is 5. The van der Waals surface area contributed by atoms with Crippen molar-refractivity contribution in [1.82, 2.24) is 0 Å². The summed E-state index contributed by atoms with van der Waals surface area (Å²) in [7, 11) is 0. The lowest BCUT2D eigenvalue weighted by atomic mass is 9.67. The first-order chi connectivity index (χ1) is 9.85. The van der Waals surface area contributed by atoms with Gasteiger partial charge in [-0.2, -0.15) is 0 Å². The molecule has 0 heterocycles. The molecule has 3 unspecified atom stereocenters. The average molecular weight is 270 g/mol. The quantitative estimate of drug-likeness (QED) is 0.544. The van der Waals surface area contributed by atoms with E-state index in [0.717, 1.165) is 23.7 Å². The maximum Gasteiger partial charge on any atom is -0.00975 e. The molecule has 0 aromatic carbocycles. The number of rotatable bonds is 4. The van der Waals surface area contributed by atoms with Crippen LogP contribution in [0.25, 0.3) is 0 Å². The van der Waals surface area contributed by atoms with Gasteiger partial charge in [-0.25, -0.2) is 0 Å². The molecule has 110 valence electrons. The summed E-state index contributed by atoms with van der Waals surface area (Å²) in [5.74, 6) is 3.81. The molecule has 0 N–H and O–H groups in total. The minimum absolute atomic E-state index is 0.816. The summed E-state index contributed by atoms with van der Waals surface area (Å²) in [5.41, 5.74) is 1.58. The highest BCUT2D eigenvalue weighted by molar-refractivity contribution is 5.30. The van der Waals surface area contributed by atoms with Crippen molar-refractivity contribution in [2.75, 3.05) is 0 Å². The molecule has 2 saturated carbocycles. The van der Waals surface area contributed by atoms with Crippen LogP contribution < -0.4 is 0 Å². The Labute approximate surface area is 125 Å². The van der Waals surface area contributed by atoms with Crippen LogP contribution in [0, 0.1) is 23.7 Å². The van der Waals surface area contributed by atoms with Gasteiger partial charge in [0.1, 0.15) is 0 Å². The minimum Gasteiger partial charge on any atom is -0.103 e. The predicted octanol–water partition coefficient (Wildman–Crippen LogP) is 6.06. The molecule has 4 atom stereocenters. The van der Waals surface area contributed by atoms with Crippen LogP contribution in [0.1, 0.15) is 64.2 Å². The third-order valence-corrected chi connectivity index (χ3v) is 5.98. The highest BCUT2D eigenvalue weighted by atomic mass is 14.4. The van der Waals surface area contributed by atoms with Crippen LogP contribution in [-0.2, 0) is 0 Å². The molecule has 0 spiro atoms. The van der Waals surface area contributed by atoms with Crippen LogP contribution in [0.15, 0.2) is 36.5 Å². The third kappa shape index (κ3) is 3.45. The molecule has 3 aliphatic carbocycles. The van der Waals surface area contributed by atoms with Crippen LogP contribution in [0.2, 0.25) is 0 Å². The highest BCUT2D eigenvalue weighted by Crippen LogP contribution is 2.43. The van der Waals surface area contributed by atoms with E-state index >= 15 is 0 Å². The van der Waals surface area contributed by atoms with Crippen LogP contribution in [0.4, 0.5) is 0 Å². The summed E-state index contributed by atoms with van der Waals surface area (Å²) in [5, 5.41) is 0. The lowest BCUT2D eigenvalue weighted by Gasteiger charge is -2.38. The van der Waals surface area contributed by atoms with E-state index in [1.165, 1.54) is 64.2 Å². The van der Waals surface area contributed by atoms with Gasteiger partial charge in [-0.15, -0.1) is 6.58 Å². The van der Waals surface area contributed by atoms with Gasteiger partial charge < -0.3 is 0 Å². The molecule has 0 aromatic heterocycles. The van der Waals surface area contributed by atoms with Crippen molar-refractivity contribution in [3.63, 3.8) is 0 Å². The van der Waals surface area contributed by atoms with Crippen molar-refractivity contribution < 1.29 is 0 Å². The smallest absolute Gasteiger partial charge is 0.00975 e. The van der Waals surface area contributed by atoms with Gasteiger partial charge in [-0.1, -0.05) is 56.4 Å². The first kappa shape index (κ1) is 14.2. The highest BCUT2D eigenvalue weighted by Gasteiger charge is 2.31. The van der Waals surface area contributed by atoms with Gasteiger partial charge in [0.2, 0.25) is 0 Å². The Hall–Kier alpha value is -0.780. The second-order valence-corrected chi connectivity index (χ2v) is 7.34. The van der Waals surface area contributed by atoms with Gasteiger partial charge >= 0.3 is 0 Å². The monoisotopic (exact) mass is 270 g/mol. The van der Waals surface area contributed by atoms with Crippen molar-refractivity contribution in [1.29, 1.82) is 0 Å². The number of hydrogen-bond acceptors (Lipinski definition) is 0. The summed E-state index contributed by atoms with van der Waals surface area (Å²) >= 11 is 0. The second-order valence-electron chi connectivity index (χ2n) is 7.34. The molecule has 0 nitrogen and oxygen atoms in total. The normalized spacial score (nSPS) is 39.5. The summed E-state index contributed by atoms with van der Waals surface area (Å²) in [6.45, 7) is 4.03. The molecular weight excluding hydrogens is 240 g/mol. The largest absolute Gasteiger partial charge is 0.103 e. The van der Waals surface area contributed by atoms with Crippen LogP contribution in [-0.4, -0.2) is 0 Å². The van der Waals surface area contributed by atoms with E-state index in [-0.39, 0.29) is 0 Å². The zero-order valence-corrected chi connectivity index (χ0v) is 12.9. The van der Waals surface area contributed by atoms with Crippen LogP contribution in [0.5, 0.6) is 0 Å². The Morgan fingerprint density at radius 2 is 1.80 bits per heavy atom. The Morgan fingerprint density at radius 1 is 1.05 bits per heavy atom. The Kier molecular flexibility index (Phi) is 4.81. The Balaban J connectivity index is 1.51. The molecule has 3 aliphatic rings. The van der Waals surface area contributed by atoms with Gasteiger partial charge in [0.25, 0.3) is 0 Å². The molecule has 0 saturated heterocycles. The third-order valence-electron chi connectivity index (χ3n) is 5.98. The van der Waals surface area contributed by atoms with E-state index in [2.05, 4.69) is 30.9 Å². The summed E-state index contributed by atoms with van der Waals surface area (Å²) < 4.78 is 0. The zero-order valence-electron chi connectivity index (χ0n) is 12.9. The minimum atomic E-state index is 0.816. The molecular formula is C20H30. The molecule has 0 aliphatic heterocycles. The van der Waals surface area contributed by atoms with E-state index in [1.54, 1.807) is 5.57 Å². The molecule has 0 heteroatoms. The molecule has 2 fully saturated rings. The Morgan fingerprint density at radius 3 is 2.50 bits per heavy atom. The fourth-order valence-corrected chi connectivity index (χ4v) is 4.61. The van der Waals surface area contributed by atoms with E-state index < -0.39 is 0 Å². The van der Waals surface area contributed by atoms with Gasteiger partial charge in [0.05, 0.1) is 0 Å². The molecule has 3 rings (SSSR count). The first-order valence-corrected chi connectivity index (χ1v) is 8.83. The van der Waals surface area contributed by atoms with Crippen LogP contribution >= 0.6 is 0 Å². The average Bonchev–Trinajstić information content (AvgIpc) is 2.46. The van der Waals surface area contributed by atoms with E-state index in [1.807, 2.05) is 0 Å². The molecule has 0 amide bonds. The number of hydrogen-bond donors (Lipinski definition) is 0. The molecule has 0 radical (unpaired) electrons. The van der Waals surface area contributed by atoms with Crippen molar-refractivity contribution in [2.45, 2.75) is 64.2 Å². The van der Waals surface area contributed by atoms with Crippen molar-refractivity contribution in [2.24, 2.45) is 23.7 Å². The van der Waals surface area contributed by atoms with Crippen molar-refractivity contribution in [3.8, 4) is 0 Å². The topological polar surface area (TPSA) is 0 Å². The maximum absolute atomic E-state index is 4.03. The van der Waals surface area contributed by atoms with Crippen LogP contribution in [0.3, 0.4) is 0 Å². The predicted molar refractivity (Wildman–Crippen MR) is 87.6 cm³/mol. The zero-order chi connectivity index (χ0) is 13.8.